The average Bonchev–Trinajstić information content (AvgIpc) is 2.47. The monoisotopic (exact) mass is 296 g/mol. The van der Waals surface area contributed by atoms with Gasteiger partial charge in [-0.3, -0.25) is 0 Å². The molecular formula is C15H14F2O4. The van der Waals surface area contributed by atoms with Gasteiger partial charge in [-0.15, -0.1) is 0 Å². The van der Waals surface area contributed by atoms with E-state index < -0.39 is 6.61 Å². The Bertz CT molecular complexity index is 737. The van der Waals surface area contributed by atoms with Crippen molar-refractivity contribution in [1.82, 2.24) is 0 Å². The maximum absolute atomic E-state index is 12.5. The SMILES string of the molecule is COc1cc2oc(=O)c3c(c2cc1OC(F)F)CCCC3. The number of halogens is 2. The third-order valence-corrected chi connectivity index (χ3v) is 3.72. The van der Waals surface area contributed by atoms with Gasteiger partial charge in [-0.2, -0.15) is 8.78 Å². The van der Waals surface area contributed by atoms with E-state index in [1.165, 1.54) is 19.2 Å². The molecule has 0 saturated carbocycles. The molecule has 0 saturated heterocycles. The van der Waals surface area contributed by atoms with Gasteiger partial charge in [0, 0.05) is 17.0 Å². The molecule has 0 aliphatic heterocycles. The van der Waals surface area contributed by atoms with Crippen molar-refractivity contribution in [2.45, 2.75) is 32.3 Å². The van der Waals surface area contributed by atoms with Gasteiger partial charge in [-0.05, 0) is 37.3 Å². The predicted octanol–water partition coefficient (Wildman–Crippen LogP) is 3.28. The zero-order valence-electron chi connectivity index (χ0n) is 11.4. The van der Waals surface area contributed by atoms with E-state index in [1.807, 2.05) is 0 Å². The lowest BCUT2D eigenvalue weighted by Gasteiger charge is -2.17. The normalized spacial score (nSPS) is 14.3. The molecule has 3 rings (SSSR count). The van der Waals surface area contributed by atoms with Crippen LogP contribution < -0.4 is 15.1 Å². The summed E-state index contributed by atoms with van der Waals surface area (Å²) < 4.78 is 39.8. The van der Waals surface area contributed by atoms with E-state index in [9.17, 15) is 13.6 Å². The lowest BCUT2D eigenvalue weighted by molar-refractivity contribution is -0.0511. The first-order valence-corrected chi connectivity index (χ1v) is 6.71. The molecule has 21 heavy (non-hydrogen) atoms. The Balaban J connectivity index is 2.26. The highest BCUT2D eigenvalue weighted by Crippen LogP contribution is 2.36. The smallest absolute Gasteiger partial charge is 0.387 e. The van der Waals surface area contributed by atoms with E-state index >= 15 is 0 Å². The van der Waals surface area contributed by atoms with E-state index in [2.05, 4.69) is 4.74 Å². The Morgan fingerprint density at radius 3 is 2.52 bits per heavy atom. The minimum absolute atomic E-state index is 0.0541. The molecule has 0 N–H and O–H groups in total. The molecular weight excluding hydrogens is 282 g/mol. The minimum Gasteiger partial charge on any atom is -0.493 e. The molecule has 0 spiro atoms. The number of benzene rings is 1. The van der Waals surface area contributed by atoms with Gasteiger partial charge in [0.15, 0.2) is 11.5 Å². The van der Waals surface area contributed by atoms with Crippen molar-refractivity contribution in [3.05, 3.63) is 33.7 Å². The zero-order chi connectivity index (χ0) is 15.0. The Hall–Kier alpha value is -2.11. The van der Waals surface area contributed by atoms with Crippen LogP contribution in [-0.2, 0) is 12.8 Å². The number of fused-ring (bicyclic) bond motifs is 3. The lowest BCUT2D eigenvalue weighted by atomic mass is 9.90. The number of aryl methyl sites for hydroxylation is 1. The topological polar surface area (TPSA) is 48.7 Å². The van der Waals surface area contributed by atoms with Crippen LogP contribution in [0.3, 0.4) is 0 Å². The second-order valence-electron chi connectivity index (χ2n) is 4.93. The second kappa shape index (κ2) is 5.35. The molecule has 0 unspecified atom stereocenters. The molecule has 4 nitrogen and oxygen atoms in total. The van der Waals surface area contributed by atoms with E-state index in [4.69, 9.17) is 9.15 Å². The van der Waals surface area contributed by atoms with Gasteiger partial charge in [-0.25, -0.2) is 4.79 Å². The first-order chi connectivity index (χ1) is 10.1. The van der Waals surface area contributed by atoms with Crippen molar-refractivity contribution in [1.29, 1.82) is 0 Å². The van der Waals surface area contributed by atoms with Gasteiger partial charge in [0.25, 0.3) is 0 Å². The second-order valence-corrected chi connectivity index (χ2v) is 4.93. The van der Waals surface area contributed by atoms with Crippen molar-refractivity contribution in [2.75, 3.05) is 7.11 Å². The maximum Gasteiger partial charge on any atom is 0.387 e. The molecule has 1 aromatic carbocycles. The van der Waals surface area contributed by atoms with Gasteiger partial charge < -0.3 is 13.9 Å². The highest BCUT2D eigenvalue weighted by atomic mass is 19.3. The van der Waals surface area contributed by atoms with E-state index in [0.29, 0.717) is 23.0 Å². The largest absolute Gasteiger partial charge is 0.493 e. The van der Waals surface area contributed by atoms with E-state index in [1.54, 1.807) is 0 Å². The van der Waals surface area contributed by atoms with Gasteiger partial charge >= 0.3 is 12.2 Å². The fraction of sp³-hybridized carbons (Fsp3) is 0.400. The molecule has 0 atom stereocenters. The summed E-state index contributed by atoms with van der Waals surface area (Å²) in [5.74, 6) is 0.0586. The number of alkyl halides is 2. The standard InChI is InChI=1S/C15H14F2O4/c1-19-12-7-11-10(6-13(12)21-15(16)17)8-4-2-3-5-9(8)14(18)20-11/h6-7,15H,2-5H2,1H3. The van der Waals surface area contributed by atoms with Gasteiger partial charge in [0.2, 0.25) is 0 Å². The van der Waals surface area contributed by atoms with Gasteiger partial charge in [-0.1, -0.05) is 0 Å². The molecule has 1 heterocycles. The summed E-state index contributed by atoms with van der Waals surface area (Å²) in [4.78, 5) is 12.0. The van der Waals surface area contributed by atoms with Crippen LogP contribution in [-0.4, -0.2) is 13.7 Å². The molecule has 112 valence electrons. The van der Waals surface area contributed by atoms with E-state index in [-0.39, 0.29) is 17.1 Å². The van der Waals surface area contributed by atoms with Crippen LogP contribution in [0.5, 0.6) is 11.5 Å². The lowest BCUT2D eigenvalue weighted by Crippen LogP contribution is -2.16. The van der Waals surface area contributed by atoms with Crippen LogP contribution in [0.4, 0.5) is 8.78 Å². The average molecular weight is 296 g/mol. The first-order valence-electron chi connectivity index (χ1n) is 6.71. The molecule has 1 aliphatic rings. The Labute approximate surface area is 119 Å². The summed E-state index contributed by atoms with van der Waals surface area (Å²) in [7, 11) is 1.34. The summed E-state index contributed by atoms with van der Waals surface area (Å²) in [6.45, 7) is -2.94. The number of hydrogen-bond donors (Lipinski definition) is 0. The summed E-state index contributed by atoms with van der Waals surface area (Å²) in [6.07, 6.45) is 3.28. The van der Waals surface area contributed by atoms with Crippen LogP contribution in [0.25, 0.3) is 11.0 Å². The summed E-state index contributed by atoms with van der Waals surface area (Å²) in [5, 5.41) is 0.640. The molecule has 6 heteroatoms. The molecule has 0 bridgehead atoms. The quantitative estimate of drug-likeness (QED) is 0.816. The van der Waals surface area contributed by atoms with Crippen LogP contribution in [0.1, 0.15) is 24.0 Å². The van der Waals surface area contributed by atoms with Gasteiger partial charge in [0.1, 0.15) is 5.58 Å². The van der Waals surface area contributed by atoms with E-state index in [0.717, 1.165) is 24.8 Å². The molecule has 0 fully saturated rings. The molecule has 0 radical (unpaired) electrons. The first kappa shape index (κ1) is 13.9. The van der Waals surface area contributed by atoms with Crippen LogP contribution in [0, 0.1) is 0 Å². The summed E-state index contributed by atoms with van der Waals surface area (Å²) in [6, 6.07) is 2.89. The fourth-order valence-electron chi connectivity index (χ4n) is 2.80. The highest BCUT2D eigenvalue weighted by Gasteiger charge is 2.21. The van der Waals surface area contributed by atoms with Crippen molar-refractivity contribution in [3.63, 3.8) is 0 Å². The summed E-state index contributed by atoms with van der Waals surface area (Å²) >= 11 is 0. The Morgan fingerprint density at radius 2 is 1.86 bits per heavy atom. The van der Waals surface area contributed by atoms with Crippen LogP contribution in [0.2, 0.25) is 0 Å². The van der Waals surface area contributed by atoms with Crippen molar-refractivity contribution in [2.24, 2.45) is 0 Å². The molecule has 1 aromatic heterocycles. The fourth-order valence-corrected chi connectivity index (χ4v) is 2.80. The minimum atomic E-state index is -2.94. The van der Waals surface area contributed by atoms with Crippen LogP contribution in [0.15, 0.2) is 21.3 Å². The van der Waals surface area contributed by atoms with Crippen molar-refractivity contribution in [3.8, 4) is 11.5 Å². The number of methoxy groups -OCH3 is 1. The van der Waals surface area contributed by atoms with Crippen molar-refractivity contribution < 1.29 is 22.7 Å². The number of ether oxygens (including phenoxy) is 2. The summed E-state index contributed by atoms with van der Waals surface area (Å²) in [5.41, 5.74) is 1.48. The Morgan fingerprint density at radius 1 is 1.14 bits per heavy atom. The highest BCUT2D eigenvalue weighted by molar-refractivity contribution is 5.85. The molecule has 2 aromatic rings. The number of hydrogen-bond acceptors (Lipinski definition) is 4. The Kier molecular flexibility index (Phi) is 3.53. The van der Waals surface area contributed by atoms with Crippen LogP contribution >= 0.6 is 0 Å². The third-order valence-electron chi connectivity index (χ3n) is 3.72. The molecule has 0 amide bonds. The predicted molar refractivity (Wildman–Crippen MR) is 72.3 cm³/mol. The van der Waals surface area contributed by atoms with Crippen molar-refractivity contribution >= 4 is 11.0 Å². The number of rotatable bonds is 3. The maximum atomic E-state index is 12.5. The van der Waals surface area contributed by atoms with Gasteiger partial charge in [0.05, 0.1) is 7.11 Å². The zero-order valence-corrected chi connectivity index (χ0v) is 11.4. The third kappa shape index (κ3) is 2.46. The molecule has 1 aliphatic carbocycles.